The molecule has 0 bridgehead atoms. The summed E-state index contributed by atoms with van der Waals surface area (Å²) >= 11 is 0. The number of hydrogen-bond acceptors (Lipinski definition) is 4. The lowest BCUT2D eigenvalue weighted by atomic mass is 9.92. The largest absolute Gasteiger partial charge is 0.356 e. The lowest BCUT2D eigenvalue weighted by Crippen LogP contribution is -2.33. The summed E-state index contributed by atoms with van der Waals surface area (Å²) in [4.78, 5) is 51.6. The Kier molecular flexibility index (Phi) is 4.25. The fraction of sp³-hybridized carbons (Fsp3) is 0.500. The average molecular weight is 369 g/mol. The molecule has 1 aliphatic carbocycles. The van der Waals surface area contributed by atoms with E-state index >= 15 is 0 Å². The number of rotatable bonds is 5. The SMILES string of the molecule is C[C@]12C(=O)c3ccccc3NC(=O)[C@@H]1[C@H]2C(=O)NCCCN1CCCC1=O. The fourth-order valence-electron chi connectivity index (χ4n) is 4.47. The van der Waals surface area contributed by atoms with Crippen LogP contribution in [0.4, 0.5) is 5.69 Å². The Labute approximate surface area is 157 Å². The van der Waals surface area contributed by atoms with Gasteiger partial charge < -0.3 is 15.5 Å². The summed E-state index contributed by atoms with van der Waals surface area (Å²) in [5.41, 5.74) is -0.0276. The van der Waals surface area contributed by atoms with Crippen molar-refractivity contribution in [3.8, 4) is 0 Å². The summed E-state index contributed by atoms with van der Waals surface area (Å²) in [5, 5.41) is 5.62. The molecule has 1 saturated carbocycles. The minimum Gasteiger partial charge on any atom is -0.356 e. The van der Waals surface area contributed by atoms with E-state index in [0.717, 1.165) is 13.0 Å². The molecule has 2 fully saturated rings. The molecule has 1 aromatic rings. The van der Waals surface area contributed by atoms with E-state index in [-0.39, 0.29) is 23.5 Å². The van der Waals surface area contributed by atoms with Gasteiger partial charge in [-0.1, -0.05) is 19.1 Å². The predicted octanol–water partition coefficient (Wildman–Crippen LogP) is 1.20. The smallest absolute Gasteiger partial charge is 0.229 e. The number of para-hydroxylation sites is 1. The van der Waals surface area contributed by atoms with E-state index in [1.807, 2.05) is 4.90 Å². The van der Waals surface area contributed by atoms with Crippen molar-refractivity contribution in [1.82, 2.24) is 10.2 Å². The topological polar surface area (TPSA) is 95.6 Å². The maximum atomic E-state index is 13.0. The van der Waals surface area contributed by atoms with Gasteiger partial charge in [0.25, 0.3) is 0 Å². The van der Waals surface area contributed by atoms with Gasteiger partial charge in [0.2, 0.25) is 17.7 Å². The van der Waals surface area contributed by atoms with Gasteiger partial charge in [-0.25, -0.2) is 0 Å². The molecule has 0 aromatic heterocycles. The normalized spacial score (nSPS) is 28.9. The van der Waals surface area contributed by atoms with Crippen LogP contribution in [0.2, 0.25) is 0 Å². The molecular formula is C20H23N3O4. The Morgan fingerprint density at radius 1 is 1.30 bits per heavy atom. The molecule has 2 heterocycles. The van der Waals surface area contributed by atoms with Crippen molar-refractivity contribution in [2.45, 2.75) is 26.2 Å². The van der Waals surface area contributed by atoms with Gasteiger partial charge in [-0.2, -0.15) is 0 Å². The second-order valence-corrected chi connectivity index (χ2v) is 7.73. The minimum absolute atomic E-state index is 0.163. The van der Waals surface area contributed by atoms with Gasteiger partial charge in [-0.15, -0.1) is 0 Å². The number of hydrogen-bond donors (Lipinski definition) is 2. The van der Waals surface area contributed by atoms with Crippen molar-refractivity contribution < 1.29 is 19.2 Å². The zero-order chi connectivity index (χ0) is 19.2. The van der Waals surface area contributed by atoms with E-state index in [2.05, 4.69) is 10.6 Å². The number of fused-ring (bicyclic) bond motifs is 2. The highest BCUT2D eigenvalue weighted by atomic mass is 16.2. The van der Waals surface area contributed by atoms with Crippen molar-refractivity contribution in [2.24, 2.45) is 17.3 Å². The van der Waals surface area contributed by atoms with Gasteiger partial charge in [0.15, 0.2) is 5.78 Å². The van der Waals surface area contributed by atoms with Crippen LogP contribution in [0.1, 0.15) is 36.5 Å². The van der Waals surface area contributed by atoms with Crippen LogP contribution in [0, 0.1) is 17.3 Å². The molecule has 142 valence electrons. The Balaban J connectivity index is 1.39. The molecule has 1 aromatic carbocycles. The molecule has 1 saturated heterocycles. The number of carbonyl (C=O) groups excluding carboxylic acids is 4. The first-order chi connectivity index (χ1) is 12.9. The number of ketones is 1. The highest BCUT2D eigenvalue weighted by Crippen LogP contribution is 2.62. The highest BCUT2D eigenvalue weighted by Gasteiger charge is 2.73. The van der Waals surface area contributed by atoms with Gasteiger partial charge in [0.05, 0.1) is 22.9 Å². The lowest BCUT2D eigenvalue weighted by molar-refractivity contribution is -0.127. The van der Waals surface area contributed by atoms with E-state index in [9.17, 15) is 19.2 Å². The second kappa shape index (κ2) is 6.48. The van der Waals surface area contributed by atoms with E-state index in [1.54, 1.807) is 31.2 Å². The quantitative estimate of drug-likeness (QED) is 0.763. The van der Waals surface area contributed by atoms with Crippen molar-refractivity contribution in [1.29, 1.82) is 0 Å². The standard InChI is InChI=1S/C20H23N3O4/c1-20-15(18(26)21-9-5-11-23-10-4-8-14(23)24)16(20)19(27)22-13-7-3-2-6-12(13)17(20)25/h2-3,6-7,15-16H,4-5,8-11H2,1H3,(H,21,26)(H,22,27)/t15-,16-,20+/m0/s1. The van der Waals surface area contributed by atoms with E-state index in [0.29, 0.717) is 37.2 Å². The molecule has 2 aliphatic heterocycles. The summed E-state index contributed by atoms with van der Waals surface area (Å²) in [6.07, 6.45) is 2.16. The van der Waals surface area contributed by atoms with Crippen molar-refractivity contribution in [2.75, 3.05) is 25.0 Å². The molecule has 7 nitrogen and oxygen atoms in total. The molecular weight excluding hydrogens is 346 g/mol. The first-order valence-electron chi connectivity index (χ1n) is 9.45. The van der Waals surface area contributed by atoms with Crippen LogP contribution in [-0.4, -0.2) is 48.0 Å². The number of benzene rings is 1. The fourth-order valence-corrected chi connectivity index (χ4v) is 4.47. The first kappa shape index (κ1) is 17.7. The average Bonchev–Trinajstić information content (AvgIpc) is 3.12. The van der Waals surface area contributed by atoms with Crippen molar-refractivity contribution in [3.05, 3.63) is 29.8 Å². The van der Waals surface area contributed by atoms with E-state index in [1.165, 1.54) is 0 Å². The van der Waals surface area contributed by atoms with Crippen molar-refractivity contribution >= 4 is 29.2 Å². The van der Waals surface area contributed by atoms with Crippen LogP contribution in [0.5, 0.6) is 0 Å². The molecule has 2 N–H and O–H groups in total. The van der Waals surface area contributed by atoms with Crippen LogP contribution in [-0.2, 0) is 14.4 Å². The van der Waals surface area contributed by atoms with E-state index < -0.39 is 17.3 Å². The number of likely N-dealkylation sites (tertiary alicyclic amines) is 1. The third-order valence-corrected chi connectivity index (χ3v) is 6.08. The lowest BCUT2D eigenvalue weighted by Gasteiger charge is -2.16. The van der Waals surface area contributed by atoms with Crippen molar-refractivity contribution in [3.63, 3.8) is 0 Å². The number of anilines is 1. The monoisotopic (exact) mass is 369 g/mol. The molecule has 3 amide bonds. The van der Waals surface area contributed by atoms with Gasteiger partial charge in [0, 0.05) is 31.6 Å². The van der Waals surface area contributed by atoms with Crippen LogP contribution in [0.25, 0.3) is 0 Å². The van der Waals surface area contributed by atoms with Crippen LogP contribution in [0.15, 0.2) is 24.3 Å². The Bertz CT molecular complexity index is 836. The molecule has 0 unspecified atom stereocenters. The molecule has 0 spiro atoms. The summed E-state index contributed by atoms with van der Waals surface area (Å²) < 4.78 is 0. The van der Waals surface area contributed by atoms with Crippen LogP contribution in [0.3, 0.4) is 0 Å². The summed E-state index contributed by atoms with van der Waals surface area (Å²) in [7, 11) is 0. The Morgan fingerprint density at radius 2 is 2.07 bits per heavy atom. The maximum absolute atomic E-state index is 13.0. The minimum atomic E-state index is -0.994. The molecule has 3 atom stereocenters. The number of Topliss-reactive ketones (excluding diaryl/α,β-unsaturated/α-hetero) is 1. The molecule has 7 heteroatoms. The van der Waals surface area contributed by atoms with E-state index in [4.69, 9.17) is 0 Å². The summed E-state index contributed by atoms with van der Waals surface area (Å²) in [5.74, 6) is -1.83. The van der Waals surface area contributed by atoms with Gasteiger partial charge >= 0.3 is 0 Å². The van der Waals surface area contributed by atoms with Crippen LogP contribution < -0.4 is 10.6 Å². The van der Waals surface area contributed by atoms with Gasteiger partial charge in [-0.3, -0.25) is 19.2 Å². The third kappa shape index (κ3) is 2.81. The molecule has 27 heavy (non-hydrogen) atoms. The molecule has 4 rings (SSSR count). The first-order valence-corrected chi connectivity index (χ1v) is 9.45. The zero-order valence-electron chi connectivity index (χ0n) is 15.3. The Hall–Kier alpha value is -2.70. The Morgan fingerprint density at radius 3 is 2.81 bits per heavy atom. The third-order valence-electron chi connectivity index (χ3n) is 6.08. The number of nitrogens with zero attached hydrogens (tertiary/aromatic N) is 1. The molecule has 3 aliphatic rings. The number of amides is 3. The highest BCUT2D eigenvalue weighted by molar-refractivity contribution is 6.19. The predicted molar refractivity (Wildman–Crippen MR) is 97.9 cm³/mol. The van der Waals surface area contributed by atoms with Gasteiger partial charge in [0.1, 0.15) is 0 Å². The zero-order valence-corrected chi connectivity index (χ0v) is 15.3. The summed E-state index contributed by atoms with van der Waals surface area (Å²) in [6.45, 7) is 3.53. The maximum Gasteiger partial charge on any atom is 0.229 e. The molecule has 0 radical (unpaired) electrons. The van der Waals surface area contributed by atoms with Gasteiger partial charge in [-0.05, 0) is 25.0 Å². The second-order valence-electron chi connectivity index (χ2n) is 7.73. The number of nitrogens with one attached hydrogen (secondary N) is 2. The van der Waals surface area contributed by atoms with Crippen LogP contribution >= 0.6 is 0 Å². The summed E-state index contributed by atoms with van der Waals surface area (Å²) in [6, 6.07) is 6.91. The number of carbonyl (C=O) groups is 4.